The van der Waals surface area contributed by atoms with Gasteiger partial charge in [0.1, 0.15) is 11.5 Å². The largest absolute Gasteiger partial charge is 0.296 e. The SMILES string of the molecule is C=C(N=O)c1cccc(-n2c(C3CCCCC3)nc3ccccc32)c1. The Hall–Kier alpha value is -2.75. The molecule has 4 nitrogen and oxygen atoms in total. The van der Waals surface area contributed by atoms with Crippen LogP contribution in [0.3, 0.4) is 0 Å². The molecule has 1 fully saturated rings. The van der Waals surface area contributed by atoms with Crippen molar-refractivity contribution in [2.24, 2.45) is 5.18 Å². The molecule has 1 saturated carbocycles. The molecule has 1 aromatic heterocycles. The van der Waals surface area contributed by atoms with Gasteiger partial charge in [-0.3, -0.25) is 4.57 Å². The number of nitroso groups, excluding NO2 is 1. The molecule has 2 aromatic carbocycles. The molecule has 0 saturated heterocycles. The van der Waals surface area contributed by atoms with Crippen LogP contribution in [-0.2, 0) is 0 Å². The zero-order chi connectivity index (χ0) is 17.2. The van der Waals surface area contributed by atoms with Crippen LogP contribution in [0.25, 0.3) is 22.4 Å². The highest BCUT2D eigenvalue weighted by Crippen LogP contribution is 2.35. The molecule has 4 rings (SSSR count). The second kappa shape index (κ2) is 6.63. The first-order chi connectivity index (χ1) is 12.3. The Balaban J connectivity index is 1.90. The van der Waals surface area contributed by atoms with E-state index in [2.05, 4.69) is 34.5 Å². The average Bonchev–Trinajstić information content (AvgIpc) is 3.07. The fourth-order valence-corrected chi connectivity index (χ4v) is 3.83. The molecule has 1 aliphatic rings. The van der Waals surface area contributed by atoms with Gasteiger partial charge in [0.2, 0.25) is 0 Å². The van der Waals surface area contributed by atoms with Crippen LogP contribution in [-0.4, -0.2) is 9.55 Å². The van der Waals surface area contributed by atoms with Crippen LogP contribution in [0.2, 0.25) is 0 Å². The summed E-state index contributed by atoms with van der Waals surface area (Å²) in [6, 6.07) is 16.1. The van der Waals surface area contributed by atoms with Gasteiger partial charge in [0.05, 0.1) is 11.0 Å². The minimum atomic E-state index is 0.255. The fraction of sp³-hybridized carbons (Fsp3) is 0.286. The molecule has 0 bridgehead atoms. The van der Waals surface area contributed by atoms with Gasteiger partial charge in [0.25, 0.3) is 0 Å². The highest BCUT2D eigenvalue weighted by Gasteiger charge is 2.23. The number of hydrogen-bond acceptors (Lipinski definition) is 3. The lowest BCUT2D eigenvalue weighted by molar-refractivity contribution is 0.426. The molecular formula is C21H21N3O. The van der Waals surface area contributed by atoms with Gasteiger partial charge in [0.15, 0.2) is 0 Å². The van der Waals surface area contributed by atoms with Gasteiger partial charge in [-0.25, -0.2) is 4.98 Å². The minimum Gasteiger partial charge on any atom is -0.296 e. The Morgan fingerprint density at radius 1 is 1.08 bits per heavy atom. The zero-order valence-corrected chi connectivity index (χ0v) is 14.2. The number of hydrogen-bond donors (Lipinski definition) is 0. The topological polar surface area (TPSA) is 47.2 Å². The molecule has 0 amide bonds. The van der Waals surface area contributed by atoms with Gasteiger partial charge in [0, 0.05) is 17.2 Å². The summed E-state index contributed by atoms with van der Waals surface area (Å²) in [4.78, 5) is 15.8. The van der Waals surface area contributed by atoms with E-state index in [9.17, 15) is 4.91 Å². The summed E-state index contributed by atoms with van der Waals surface area (Å²) in [6.45, 7) is 3.74. The van der Waals surface area contributed by atoms with Crippen LogP contribution in [0.15, 0.2) is 60.3 Å². The van der Waals surface area contributed by atoms with Crippen molar-refractivity contribution >= 4 is 16.7 Å². The van der Waals surface area contributed by atoms with Gasteiger partial charge in [-0.05, 0) is 42.3 Å². The maximum atomic E-state index is 10.9. The molecule has 0 aliphatic heterocycles. The molecule has 126 valence electrons. The Labute approximate surface area is 147 Å². The average molecular weight is 331 g/mol. The second-order valence-corrected chi connectivity index (χ2v) is 6.72. The predicted octanol–water partition coefficient (Wildman–Crippen LogP) is 5.81. The summed E-state index contributed by atoms with van der Waals surface area (Å²) < 4.78 is 2.24. The lowest BCUT2D eigenvalue weighted by atomic mass is 9.88. The van der Waals surface area contributed by atoms with Gasteiger partial charge in [-0.1, -0.05) is 50.1 Å². The predicted molar refractivity (Wildman–Crippen MR) is 102 cm³/mol. The van der Waals surface area contributed by atoms with Crippen LogP contribution < -0.4 is 0 Å². The van der Waals surface area contributed by atoms with Gasteiger partial charge in [-0.2, -0.15) is 0 Å². The van der Waals surface area contributed by atoms with Crippen molar-refractivity contribution in [2.75, 3.05) is 0 Å². The Morgan fingerprint density at radius 2 is 1.88 bits per heavy atom. The molecule has 0 spiro atoms. The summed E-state index contributed by atoms with van der Waals surface area (Å²) in [5.74, 6) is 1.61. The molecule has 1 heterocycles. The molecular weight excluding hydrogens is 310 g/mol. The van der Waals surface area contributed by atoms with E-state index < -0.39 is 0 Å². The van der Waals surface area contributed by atoms with Crippen LogP contribution in [0.4, 0.5) is 0 Å². The van der Waals surface area contributed by atoms with E-state index in [1.54, 1.807) is 0 Å². The number of nitrogens with zero attached hydrogens (tertiary/aromatic N) is 3. The first-order valence-electron chi connectivity index (χ1n) is 8.88. The van der Waals surface area contributed by atoms with Crippen molar-refractivity contribution in [3.05, 3.63) is 71.4 Å². The van der Waals surface area contributed by atoms with Gasteiger partial charge >= 0.3 is 0 Å². The number of rotatable bonds is 4. The smallest absolute Gasteiger partial charge is 0.117 e. The first-order valence-corrected chi connectivity index (χ1v) is 8.88. The zero-order valence-electron chi connectivity index (χ0n) is 14.2. The van der Waals surface area contributed by atoms with Crippen molar-refractivity contribution in [1.29, 1.82) is 0 Å². The van der Waals surface area contributed by atoms with Crippen LogP contribution in [0.1, 0.15) is 49.4 Å². The normalized spacial score (nSPS) is 15.4. The van der Waals surface area contributed by atoms with E-state index in [0.29, 0.717) is 5.92 Å². The minimum absolute atomic E-state index is 0.255. The summed E-state index contributed by atoms with van der Waals surface area (Å²) in [5, 5.41) is 2.99. The van der Waals surface area contributed by atoms with Crippen molar-refractivity contribution in [3.63, 3.8) is 0 Å². The molecule has 0 radical (unpaired) electrons. The monoisotopic (exact) mass is 331 g/mol. The third kappa shape index (κ3) is 2.88. The Morgan fingerprint density at radius 3 is 2.68 bits per heavy atom. The number of para-hydroxylation sites is 2. The molecule has 1 aliphatic carbocycles. The van der Waals surface area contributed by atoms with Crippen LogP contribution in [0, 0.1) is 4.91 Å². The highest BCUT2D eigenvalue weighted by atomic mass is 16.3. The van der Waals surface area contributed by atoms with Gasteiger partial charge < -0.3 is 0 Å². The van der Waals surface area contributed by atoms with Crippen LogP contribution >= 0.6 is 0 Å². The maximum Gasteiger partial charge on any atom is 0.117 e. The second-order valence-electron chi connectivity index (χ2n) is 6.72. The van der Waals surface area contributed by atoms with E-state index in [-0.39, 0.29) is 5.70 Å². The van der Waals surface area contributed by atoms with Crippen molar-refractivity contribution < 1.29 is 0 Å². The number of benzene rings is 2. The van der Waals surface area contributed by atoms with Crippen LogP contribution in [0.5, 0.6) is 0 Å². The lowest BCUT2D eigenvalue weighted by Crippen LogP contribution is -2.11. The lowest BCUT2D eigenvalue weighted by Gasteiger charge is -2.22. The number of imidazole rings is 1. The quantitative estimate of drug-likeness (QED) is 0.566. The Kier molecular flexibility index (Phi) is 4.18. The Bertz CT molecular complexity index is 935. The number of fused-ring (bicyclic) bond motifs is 1. The summed E-state index contributed by atoms with van der Waals surface area (Å²) in [5.41, 5.74) is 4.13. The summed E-state index contributed by atoms with van der Waals surface area (Å²) >= 11 is 0. The van der Waals surface area contributed by atoms with E-state index in [0.717, 1.165) is 28.1 Å². The summed E-state index contributed by atoms with van der Waals surface area (Å²) in [6.07, 6.45) is 6.22. The van der Waals surface area contributed by atoms with E-state index in [4.69, 9.17) is 4.98 Å². The summed E-state index contributed by atoms with van der Waals surface area (Å²) in [7, 11) is 0. The fourth-order valence-electron chi connectivity index (χ4n) is 3.83. The third-order valence-electron chi connectivity index (χ3n) is 5.10. The molecule has 4 heteroatoms. The standard InChI is InChI=1S/C21H21N3O/c1-15(23-25)17-10-7-11-18(14-17)24-20-13-6-5-12-19(20)22-21(24)16-8-3-2-4-9-16/h5-7,10-14,16H,1-4,8-9H2. The molecule has 0 N–H and O–H groups in total. The van der Waals surface area contributed by atoms with E-state index >= 15 is 0 Å². The van der Waals surface area contributed by atoms with Crippen molar-refractivity contribution in [3.8, 4) is 5.69 Å². The molecule has 25 heavy (non-hydrogen) atoms. The van der Waals surface area contributed by atoms with Crippen molar-refractivity contribution in [1.82, 2.24) is 9.55 Å². The molecule has 3 aromatic rings. The van der Waals surface area contributed by atoms with Crippen molar-refractivity contribution in [2.45, 2.75) is 38.0 Å². The third-order valence-corrected chi connectivity index (χ3v) is 5.10. The molecule has 0 unspecified atom stereocenters. The number of aromatic nitrogens is 2. The van der Waals surface area contributed by atoms with E-state index in [1.165, 1.54) is 32.1 Å². The molecule has 0 atom stereocenters. The highest BCUT2D eigenvalue weighted by molar-refractivity contribution is 5.79. The maximum absolute atomic E-state index is 10.9. The van der Waals surface area contributed by atoms with Gasteiger partial charge in [-0.15, -0.1) is 4.91 Å². The van der Waals surface area contributed by atoms with E-state index in [1.807, 2.05) is 30.3 Å². The first kappa shape index (κ1) is 15.8.